The number of hydrogen-bond acceptors (Lipinski definition) is 4. The van der Waals surface area contributed by atoms with Crippen LogP contribution in [0.1, 0.15) is 26.3 Å². The van der Waals surface area contributed by atoms with E-state index in [9.17, 15) is 19.2 Å². The van der Waals surface area contributed by atoms with Crippen molar-refractivity contribution in [1.29, 1.82) is 0 Å². The number of imide groups is 1. The Morgan fingerprint density at radius 2 is 1.39 bits per heavy atom. The van der Waals surface area contributed by atoms with Gasteiger partial charge in [0.05, 0.1) is 11.1 Å². The predicted octanol–water partition coefficient (Wildman–Crippen LogP) is 2.91. The number of para-hydroxylation sites is 2. The molecule has 4 amide bonds. The molecule has 0 aromatic heterocycles. The number of carbonyl (C=O) groups is 4. The van der Waals surface area contributed by atoms with Crippen molar-refractivity contribution in [1.82, 2.24) is 4.90 Å². The Hall–Kier alpha value is -4.26. The zero-order valence-corrected chi connectivity index (χ0v) is 17.8. The van der Waals surface area contributed by atoms with E-state index >= 15 is 0 Å². The van der Waals surface area contributed by atoms with Crippen molar-refractivity contribution in [3.05, 3.63) is 95.6 Å². The van der Waals surface area contributed by atoms with Gasteiger partial charge >= 0.3 is 0 Å². The number of fused-ring (bicyclic) bond motifs is 2. The van der Waals surface area contributed by atoms with E-state index < -0.39 is 24.3 Å². The lowest BCUT2D eigenvalue weighted by molar-refractivity contribution is -0.122. The summed E-state index contributed by atoms with van der Waals surface area (Å²) in [6, 6.07) is 23.0. The highest BCUT2D eigenvalue weighted by molar-refractivity contribution is 6.23. The molecule has 0 saturated carbocycles. The molecule has 3 aromatic rings. The van der Waals surface area contributed by atoms with Crippen LogP contribution in [-0.2, 0) is 16.0 Å². The summed E-state index contributed by atoms with van der Waals surface area (Å²) in [4.78, 5) is 56.0. The van der Waals surface area contributed by atoms with Gasteiger partial charge in [-0.2, -0.15) is 0 Å². The van der Waals surface area contributed by atoms with Gasteiger partial charge in [0.1, 0.15) is 13.1 Å². The SMILES string of the molecule is O=C1c2ccccc2C(=O)N1CC(=O)N(CC(=O)N1CCc2ccccc21)c1ccccc1. The van der Waals surface area contributed by atoms with E-state index in [2.05, 4.69) is 0 Å². The Labute approximate surface area is 190 Å². The second-order valence-corrected chi connectivity index (χ2v) is 7.98. The first-order chi connectivity index (χ1) is 16.0. The molecular formula is C26H21N3O4. The number of rotatable bonds is 5. The van der Waals surface area contributed by atoms with Gasteiger partial charge in [0, 0.05) is 17.9 Å². The lowest BCUT2D eigenvalue weighted by atomic mass is 10.1. The van der Waals surface area contributed by atoms with Crippen molar-refractivity contribution in [2.75, 3.05) is 29.4 Å². The number of anilines is 2. The third-order valence-electron chi connectivity index (χ3n) is 6.02. The molecule has 0 spiro atoms. The van der Waals surface area contributed by atoms with Crippen LogP contribution >= 0.6 is 0 Å². The summed E-state index contributed by atoms with van der Waals surface area (Å²) in [5.41, 5.74) is 3.04. The van der Waals surface area contributed by atoms with Gasteiger partial charge < -0.3 is 9.80 Å². The maximum absolute atomic E-state index is 13.3. The van der Waals surface area contributed by atoms with E-state index in [-0.39, 0.29) is 23.6 Å². The minimum atomic E-state index is -0.503. The highest BCUT2D eigenvalue weighted by Gasteiger charge is 2.38. The molecule has 0 bridgehead atoms. The van der Waals surface area contributed by atoms with Gasteiger partial charge in [-0.1, -0.05) is 48.5 Å². The van der Waals surface area contributed by atoms with Gasteiger partial charge in [-0.25, -0.2) is 0 Å². The van der Waals surface area contributed by atoms with Crippen LogP contribution in [0, 0.1) is 0 Å². The zero-order valence-electron chi connectivity index (χ0n) is 17.8. The summed E-state index contributed by atoms with van der Waals surface area (Å²) < 4.78 is 0. The van der Waals surface area contributed by atoms with Crippen molar-refractivity contribution < 1.29 is 19.2 Å². The smallest absolute Gasteiger partial charge is 0.262 e. The Morgan fingerprint density at radius 3 is 2.09 bits per heavy atom. The maximum Gasteiger partial charge on any atom is 0.262 e. The van der Waals surface area contributed by atoms with Crippen LogP contribution in [-0.4, -0.2) is 48.2 Å². The van der Waals surface area contributed by atoms with Crippen LogP contribution in [0.3, 0.4) is 0 Å². The van der Waals surface area contributed by atoms with Gasteiger partial charge in [-0.05, 0) is 42.3 Å². The Kier molecular flexibility index (Phi) is 5.22. The number of hydrogen-bond donors (Lipinski definition) is 0. The first-order valence-corrected chi connectivity index (χ1v) is 10.7. The highest BCUT2D eigenvalue weighted by atomic mass is 16.2. The number of nitrogens with zero attached hydrogens (tertiary/aromatic N) is 3. The molecule has 2 aliphatic rings. The number of benzene rings is 3. The Bertz CT molecular complexity index is 1240. The monoisotopic (exact) mass is 439 g/mol. The van der Waals surface area contributed by atoms with Gasteiger partial charge in [0.15, 0.2) is 0 Å². The van der Waals surface area contributed by atoms with Gasteiger partial charge in [-0.3, -0.25) is 24.1 Å². The molecule has 3 aromatic carbocycles. The molecule has 5 rings (SSSR count). The minimum absolute atomic E-state index is 0.194. The summed E-state index contributed by atoms with van der Waals surface area (Å²) in [6.45, 7) is -0.0845. The highest BCUT2D eigenvalue weighted by Crippen LogP contribution is 2.28. The number of amides is 4. The quantitative estimate of drug-likeness (QED) is 0.573. The first kappa shape index (κ1) is 20.6. The van der Waals surface area contributed by atoms with E-state index in [0.717, 1.165) is 22.6 Å². The van der Waals surface area contributed by atoms with Crippen LogP contribution in [0.2, 0.25) is 0 Å². The lowest BCUT2D eigenvalue weighted by Gasteiger charge is -2.27. The Morgan fingerprint density at radius 1 is 0.788 bits per heavy atom. The van der Waals surface area contributed by atoms with Crippen LogP contribution < -0.4 is 9.80 Å². The summed E-state index contributed by atoms with van der Waals surface area (Å²) in [7, 11) is 0. The van der Waals surface area contributed by atoms with Crippen molar-refractivity contribution in [3.63, 3.8) is 0 Å². The molecule has 0 radical (unpaired) electrons. The fraction of sp³-hybridized carbons (Fsp3) is 0.154. The van der Waals surface area contributed by atoms with Crippen LogP contribution in [0.25, 0.3) is 0 Å². The molecule has 7 nitrogen and oxygen atoms in total. The second kappa shape index (κ2) is 8.35. The maximum atomic E-state index is 13.3. The third kappa shape index (κ3) is 3.67. The summed E-state index contributed by atoms with van der Waals surface area (Å²) in [6.07, 6.45) is 0.760. The van der Waals surface area contributed by atoms with Crippen molar-refractivity contribution in [2.45, 2.75) is 6.42 Å². The zero-order chi connectivity index (χ0) is 22.9. The average molecular weight is 439 g/mol. The van der Waals surface area contributed by atoms with Gasteiger partial charge in [0.25, 0.3) is 11.8 Å². The second-order valence-electron chi connectivity index (χ2n) is 7.98. The lowest BCUT2D eigenvalue weighted by Crippen LogP contribution is -2.47. The molecule has 2 aliphatic heterocycles. The minimum Gasteiger partial charge on any atom is -0.310 e. The third-order valence-corrected chi connectivity index (χ3v) is 6.02. The topological polar surface area (TPSA) is 78.0 Å². The van der Waals surface area contributed by atoms with E-state index in [1.165, 1.54) is 4.90 Å². The Balaban J connectivity index is 1.39. The van der Waals surface area contributed by atoms with Gasteiger partial charge in [-0.15, -0.1) is 0 Å². The summed E-state index contributed by atoms with van der Waals surface area (Å²) in [5.74, 6) is -1.73. The predicted molar refractivity (Wildman–Crippen MR) is 123 cm³/mol. The van der Waals surface area contributed by atoms with Crippen molar-refractivity contribution >= 4 is 35.0 Å². The summed E-state index contributed by atoms with van der Waals surface area (Å²) in [5, 5.41) is 0. The average Bonchev–Trinajstić information content (AvgIpc) is 3.38. The summed E-state index contributed by atoms with van der Waals surface area (Å²) >= 11 is 0. The molecule has 0 aliphatic carbocycles. The first-order valence-electron chi connectivity index (χ1n) is 10.7. The normalized spacial score (nSPS) is 14.3. The molecule has 33 heavy (non-hydrogen) atoms. The molecule has 2 heterocycles. The molecule has 0 N–H and O–H groups in total. The molecule has 0 unspecified atom stereocenters. The van der Waals surface area contributed by atoms with Gasteiger partial charge in [0.2, 0.25) is 11.8 Å². The molecule has 0 atom stereocenters. The van der Waals surface area contributed by atoms with E-state index in [1.807, 2.05) is 30.3 Å². The molecular weight excluding hydrogens is 418 g/mol. The van der Waals surface area contributed by atoms with Crippen LogP contribution in [0.4, 0.5) is 11.4 Å². The number of carbonyl (C=O) groups excluding carboxylic acids is 4. The van der Waals surface area contributed by atoms with E-state index in [4.69, 9.17) is 0 Å². The van der Waals surface area contributed by atoms with Crippen molar-refractivity contribution in [3.8, 4) is 0 Å². The molecule has 0 saturated heterocycles. The molecule has 164 valence electrons. The fourth-order valence-corrected chi connectivity index (χ4v) is 4.35. The van der Waals surface area contributed by atoms with E-state index in [1.54, 1.807) is 53.4 Å². The van der Waals surface area contributed by atoms with Crippen LogP contribution in [0.5, 0.6) is 0 Å². The van der Waals surface area contributed by atoms with Crippen molar-refractivity contribution in [2.24, 2.45) is 0 Å². The van der Waals surface area contributed by atoms with E-state index in [0.29, 0.717) is 12.2 Å². The fourth-order valence-electron chi connectivity index (χ4n) is 4.35. The molecule has 7 heteroatoms. The molecule has 0 fully saturated rings. The van der Waals surface area contributed by atoms with Crippen LogP contribution in [0.15, 0.2) is 78.9 Å². The largest absolute Gasteiger partial charge is 0.310 e. The standard InChI is InChI=1S/C26H21N3O4/c30-23(27-15-14-18-8-4-7-13-22(18)27)16-28(19-9-2-1-3-10-19)24(31)17-29-25(32)20-11-5-6-12-21(20)26(29)33/h1-13H,14-17H2.